The first kappa shape index (κ1) is 13.2. The first-order chi connectivity index (χ1) is 7.06. The third kappa shape index (κ3) is 8.48. The van der Waals surface area contributed by atoms with E-state index in [0.29, 0.717) is 12.8 Å². The molecule has 0 rings (SSSR count). The van der Waals surface area contributed by atoms with E-state index < -0.39 is 17.8 Å². The lowest BCUT2D eigenvalue weighted by Crippen LogP contribution is -2.24. The van der Waals surface area contributed by atoms with Crippen LogP contribution < -0.4 is 5.48 Å². The summed E-state index contributed by atoms with van der Waals surface area (Å²) in [4.78, 5) is 35.9. The van der Waals surface area contributed by atoms with Gasteiger partial charge in [-0.25, -0.2) is 4.79 Å². The Labute approximate surface area is 86.9 Å². The molecule has 84 valence electrons. The van der Waals surface area contributed by atoms with E-state index in [1.807, 2.05) is 5.48 Å². The molecule has 0 fully saturated rings. The van der Waals surface area contributed by atoms with Crippen molar-refractivity contribution in [1.29, 1.82) is 0 Å². The van der Waals surface area contributed by atoms with Crippen LogP contribution in [0.5, 0.6) is 0 Å². The van der Waals surface area contributed by atoms with Crippen molar-refractivity contribution in [2.45, 2.75) is 25.7 Å². The minimum Gasteiger partial charge on any atom is -0.481 e. The second kappa shape index (κ2) is 7.54. The van der Waals surface area contributed by atoms with E-state index >= 15 is 0 Å². The number of amides is 1. The van der Waals surface area contributed by atoms with Crippen LogP contribution in [0.1, 0.15) is 25.7 Å². The largest absolute Gasteiger partial charge is 0.481 e. The molecule has 0 aliphatic heterocycles. The van der Waals surface area contributed by atoms with E-state index in [2.05, 4.69) is 11.4 Å². The molecular weight excluding hydrogens is 202 g/mol. The number of carbonyl (C=O) groups excluding carboxylic acids is 2. The van der Waals surface area contributed by atoms with Crippen molar-refractivity contribution in [3.8, 4) is 0 Å². The monoisotopic (exact) mass is 215 g/mol. The Morgan fingerprint density at radius 1 is 1.27 bits per heavy atom. The summed E-state index contributed by atoms with van der Waals surface area (Å²) in [5, 5.41) is 8.30. The molecular formula is C9H13NO5. The van der Waals surface area contributed by atoms with Gasteiger partial charge in [0, 0.05) is 12.8 Å². The number of carboxylic acids is 1. The molecule has 2 N–H and O–H groups in total. The predicted molar refractivity (Wildman–Crippen MR) is 50.5 cm³/mol. The number of rotatable bonds is 6. The summed E-state index contributed by atoms with van der Waals surface area (Å²) in [6, 6.07) is 0. The number of aliphatic carboxylic acids is 1. The minimum absolute atomic E-state index is 0.0201. The lowest BCUT2D eigenvalue weighted by molar-refractivity contribution is -0.156. The van der Waals surface area contributed by atoms with Crippen LogP contribution in [-0.4, -0.2) is 23.0 Å². The lowest BCUT2D eigenvalue weighted by Gasteiger charge is -2.02. The fourth-order valence-electron chi connectivity index (χ4n) is 0.745. The fraction of sp³-hybridized carbons (Fsp3) is 0.444. The molecule has 0 unspecified atom stereocenters. The third-order valence-electron chi connectivity index (χ3n) is 1.47. The van der Waals surface area contributed by atoms with Crippen molar-refractivity contribution in [1.82, 2.24) is 5.48 Å². The predicted octanol–water partition coefficient (Wildman–Crippen LogP) is 0.392. The zero-order valence-electron chi connectivity index (χ0n) is 8.19. The van der Waals surface area contributed by atoms with Crippen LogP contribution in [-0.2, 0) is 19.2 Å². The zero-order valence-corrected chi connectivity index (χ0v) is 8.19. The molecule has 0 saturated heterocycles. The third-order valence-corrected chi connectivity index (χ3v) is 1.47. The van der Waals surface area contributed by atoms with Crippen molar-refractivity contribution in [2.75, 3.05) is 0 Å². The van der Waals surface area contributed by atoms with Crippen LogP contribution in [0.25, 0.3) is 0 Å². The van der Waals surface area contributed by atoms with Crippen LogP contribution in [0.3, 0.4) is 0 Å². The highest BCUT2D eigenvalue weighted by molar-refractivity contribution is 5.87. The van der Waals surface area contributed by atoms with E-state index in [-0.39, 0.29) is 12.8 Å². The topological polar surface area (TPSA) is 92.7 Å². The van der Waals surface area contributed by atoms with Crippen LogP contribution >= 0.6 is 0 Å². The Morgan fingerprint density at radius 2 is 1.87 bits per heavy atom. The SMILES string of the molecule is C=CC(=O)NOC(=O)CCCCC(=O)O. The van der Waals surface area contributed by atoms with Gasteiger partial charge in [0.25, 0.3) is 5.91 Å². The Bertz CT molecular complexity index is 261. The van der Waals surface area contributed by atoms with Gasteiger partial charge in [0.05, 0.1) is 0 Å². The first-order valence-corrected chi connectivity index (χ1v) is 4.40. The van der Waals surface area contributed by atoms with Crippen LogP contribution in [0.2, 0.25) is 0 Å². The number of unbranched alkanes of at least 4 members (excludes halogenated alkanes) is 1. The van der Waals surface area contributed by atoms with Crippen molar-refractivity contribution >= 4 is 17.8 Å². The van der Waals surface area contributed by atoms with Crippen molar-refractivity contribution < 1.29 is 24.3 Å². The number of carboxylic acid groups (broad SMARTS) is 1. The van der Waals surface area contributed by atoms with Crippen LogP contribution in [0.15, 0.2) is 12.7 Å². The van der Waals surface area contributed by atoms with Gasteiger partial charge in [-0.3, -0.25) is 9.59 Å². The molecule has 0 aromatic carbocycles. The Morgan fingerprint density at radius 3 is 2.40 bits per heavy atom. The molecule has 15 heavy (non-hydrogen) atoms. The van der Waals surface area contributed by atoms with E-state index in [1.165, 1.54) is 0 Å². The molecule has 0 atom stereocenters. The molecule has 1 amide bonds. The quantitative estimate of drug-likeness (QED) is 0.380. The normalized spacial score (nSPS) is 9.07. The number of carbonyl (C=O) groups is 3. The summed E-state index contributed by atoms with van der Waals surface area (Å²) in [7, 11) is 0. The van der Waals surface area contributed by atoms with E-state index in [1.54, 1.807) is 0 Å². The van der Waals surface area contributed by atoms with Gasteiger partial charge in [0.2, 0.25) is 0 Å². The van der Waals surface area contributed by atoms with Gasteiger partial charge in [-0.05, 0) is 18.9 Å². The van der Waals surface area contributed by atoms with Gasteiger partial charge in [-0.1, -0.05) is 6.58 Å². The smallest absolute Gasteiger partial charge is 0.332 e. The number of nitrogens with one attached hydrogen (secondary N) is 1. The molecule has 0 heterocycles. The molecule has 0 saturated carbocycles. The molecule has 6 heteroatoms. The maximum absolute atomic E-state index is 10.9. The first-order valence-electron chi connectivity index (χ1n) is 4.40. The highest BCUT2D eigenvalue weighted by Crippen LogP contribution is 2.00. The summed E-state index contributed by atoms with van der Waals surface area (Å²) in [6.45, 7) is 3.16. The second-order valence-corrected chi connectivity index (χ2v) is 2.75. The molecule has 0 aromatic rings. The molecule has 6 nitrogen and oxygen atoms in total. The summed E-state index contributed by atoms with van der Waals surface area (Å²) < 4.78 is 0. The second-order valence-electron chi connectivity index (χ2n) is 2.75. The standard InChI is InChI=1S/C9H13NO5/c1-2-7(11)10-15-9(14)6-4-3-5-8(12)13/h2H,1,3-6H2,(H,10,11)(H,12,13). The molecule has 0 bridgehead atoms. The Kier molecular flexibility index (Phi) is 6.61. The van der Waals surface area contributed by atoms with E-state index in [4.69, 9.17) is 5.11 Å². The summed E-state index contributed by atoms with van der Waals surface area (Å²) in [5.74, 6) is -2.10. The van der Waals surface area contributed by atoms with Crippen molar-refractivity contribution in [2.24, 2.45) is 0 Å². The molecule has 0 aliphatic carbocycles. The van der Waals surface area contributed by atoms with Crippen molar-refractivity contribution in [3.63, 3.8) is 0 Å². The van der Waals surface area contributed by atoms with Gasteiger partial charge < -0.3 is 9.94 Å². The van der Waals surface area contributed by atoms with Crippen LogP contribution in [0, 0.1) is 0 Å². The highest BCUT2D eigenvalue weighted by Gasteiger charge is 2.05. The van der Waals surface area contributed by atoms with Gasteiger partial charge in [-0.2, -0.15) is 5.48 Å². The zero-order chi connectivity index (χ0) is 11.7. The number of hydrogen-bond donors (Lipinski definition) is 2. The van der Waals surface area contributed by atoms with Gasteiger partial charge in [0.1, 0.15) is 0 Å². The molecule has 0 spiro atoms. The lowest BCUT2D eigenvalue weighted by atomic mass is 10.2. The average molecular weight is 215 g/mol. The van der Waals surface area contributed by atoms with Gasteiger partial charge in [0.15, 0.2) is 0 Å². The molecule has 0 aromatic heterocycles. The fourth-order valence-corrected chi connectivity index (χ4v) is 0.745. The Hall–Kier alpha value is -1.85. The molecule has 0 radical (unpaired) electrons. The van der Waals surface area contributed by atoms with Gasteiger partial charge >= 0.3 is 11.9 Å². The maximum atomic E-state index is 10.9. The minimum atomic E-state index is -0.900. The van der Waals surface area contributed by atoms with Gasteiger partial charge in [-0.15, -0.1) is 0 Å². The highest BCUT2D eigenvalue weighted by atomic mass is 16.7. The number of hydrogen-bond acceptors (Lipinski definition) is 4. The molecule has 0 aliphatic rings. The van der Waals surface area contributed by atoms with Crippen molar-refractivity contribution in [3.05, 3.63) is 12.7 Å². The summed E-state index contributed by atoms with van der Waals surface area (Å²) >= 11 is 0. The number of hydroxylamine groups is 1. The van der Waals surface area contributed by atoms with E-state index in [9.17, 15) is 14.4 Å². The average Bonchev–Trinajstić information content (AvgIpc) is 2.20. The van der Waals surface area contributed by atoms with E-state index in [0.717, 1.165) is 6.08 Å². The summed E-state index contributed by atoms with van der Waals surface area (Å²) in [6.07, 6.45) is 1.88. The maximum Gasteiger partial charge on any atom is 0.332 e. The Balaban J connectivity index is 3.45. The van der Waals surface area contributed by atoms with Crippen LogP contribution in [0.4, 0.5) is 0 Å². The summed E-state index contributed by atoms with van der Waals surface area (Å²) in [5.41, 5.74) is 1.86.